The Balaban J connectivity index is 1.44. The molecule has 10 heteroatoms. The summed E-state index contributed by atoms with van der Waals surface area (Å²) in [5, 5.41) is 8.84. The number of likely N-dealkylation sites (tertiary alicyclic amines) is 1. The van der Waals surface area contributed by atoms with Crippen molar-refractivity contribution in [3.63, 3.8) is 0 Å². The molecule has 6 rings (SSSR count). The number of para-hydroxylation sites is 1. The van der Waals surface area contributed by atoms with E-state index in [-0.39, 0.29) is 41.6 Å². The van der Waals surface area contributed by atoms with Gasteiger partial charge < -0.3 is 4.90 Å². The number of benzene rings is 3. The molecule has 0 N–H and O–H groups in total. The summed E-state index contributed by atoms with van der Waals surface area (Å²) in [5.41, 5.74) is 1.06. The van der Waals surface area contributed by atoms with E-state index >= 15 is 0 Å². The van der Waals surface area contributed by atoms with Gasteiger partial charge in [-0.15, -0.1) is 5.10 Å². The van der Waals surface area contributed by atoms with Crippen molar-refractivity contribution in [3.8, 4) is 11.3 Å². The summed E-state index contributed by atoms with van der Waals surface area (Å²) in [7, 11) is 0. The van der Waals surface area contributed by atoms with E-state index in [0.29, 0.717) is 29.6 Å². The Bertz CT molecular complexity index is 1730. The Morgan fingerprint density at radius 1 is 0.921 bits per heavy atom. The molecule has 3 aromatic carbocycles. The number of rotatable bonds is 5. The number of aromatic nitrogens is 4. The van der Waals surface area contributed by atoms with Gasteiger partial charge >= 0.3 is 6.18 Å². The number of carbonyl (C=O) groups excluding carboxylic acids is 1. The minimum Gasteiger partial charge on any atom is -0.338 e. The number of hydrogen-bond acceptors (Lipinski definition) is 4. The first-order chi connectivity index (χ1) is 18.3. The second-order valence-corrected chi connectivity index (χ2v) is 9.51. The van der Waals surface area contributed by atoms with Crippen molar-refractivity contribution in [2.24, 2.45) is 5.92 Å². The summed E-state index contributed by atoms with van der Waals surface area (Å²) >= 11 is 0. The quantitative estimate of drug-likeness (QED) is 0.337. The van der Waals surface area contributed by atoms with Gasteiger partial charge in [-0.3, -0.25) is 14.2 Å². The smallest absolute Gasteiger partial charge is 0.338 e. The van der Waals surface area contributed by atoms with E-state index < -0.39 is 11.7 Å². The second kappa shape index (κ2) is 9.13. The van der Waals surface area contributed by atoms with Crippen LogP contribution in [0, 0.1) is 5.92 Å². The van der Waals surface area contributed by atoms with Crippen molar-refractivity contribution in [1.82, 2.24) is 24.3 Å². The van der Waals surface area contributed by atoms with Crippen LogP contribution < -0.4 is 5.56 Å². The molecule has 7 nitrogen and oxygen atoms in total. The Labute approximate surface area is 214 Å². The molecule has 0 radical (unpaired) electrons. The second-order valence-electron chi connectivity index (χ2n) is 9.51. The van der Waals surface area contributed by atoms with Crippen LogP contribution >= 0.6 is 0 Å². The molecule has 192 valence electrons. The van der Waals surface area contributed by atoms with Gasteiger partial charge in [0.1, 0.15) is 5.69 Å². The van der Waals surface area contributed by atoms with Crippen molar-refractivity contribution in [3.05, 3.63) is 100 Å². The average molecular weight is 518 g/mol. The lowest BCUT2D eigenvalue weighted by molar-refractivity contribution is -0.137. The molecule has 1 aliphatic rings. The van der Waals surface area contributed by atoms with Gasteiger partial charge in [0.15, 0.2) is 5.65 Å². The summed E-state index contributed by atoms with van der Waals surface area (Å²) in [6.07, 6.45) is -4.27. The molecule has 38 heavy (non-hydrogen) atoms. The lowest BCUT2D eigenvalue weighted by atomic mass is 10.1. The van der Waals surface area contributed by atoms with Crippen molar-refractivity contribution >= 4 is 22.5 Å². The van der Waals surface area contributed by atoms with Gasteiger partial charge in [0, 0.05) is 37.5 Å². The highest BCUT2D eigenvalue weighted by Crippen LogP contribution is 2.33. The molecule has 0 bridgehead atoms. The highest BCUT2D eigenvalue weighted by molar-refractivity contribution is 5.84. The lowest BCUT2D eigenvalue weighted by Crippen LogP contribution is -2.28. The van der Waals surface area contributed by atoms with Crippen molar-refractivity contribution in [1.29, 1.82) is 0 Å². The summed E-state index contributed by atoms with van der Waals surface area (Å²) in [4.78, 5) is 28.3. The Hall–Kier alpha value is -4.47. The number of carbonyl (C=O) groups is 1. The summed E-state index contributed by atoms with van der Waals surface area (Å²) in [6.45, 7) is 1.13. The van der Waals surface area contributed by atoms with Crippen LogP contribution in [0.25, 0.3) is 27.8 Å². The molecular weight excluding hydrogens is 495 g/mol. The van der Waals surface area contributed by atoms with Crippen LogP contribution in [0.1, 0.15) is 17.5 Å². The standard InChI is InChI=1S/C28H22F3N5O2/c29-28(30,31)21-10-6-9-20(14-21)25-26-35(27(38)22-11-4-5-12-23(22)36(26)33-32-25)17-19-13-24(37)34(16-19)15-18-7-2-1-3-8-18/h1-12,14,19H,13,15-17H2. The molecule has 1 aliphatic heterocycles. The minimum atomic E-state index is -4.53. The van der Waals surface area contributed by atoms with Crippen molar-refractivity contribution in [2.75, 3.05) is 6.54 Å². The monoisotopic (exact) mass is 517 g/mol. The fraction of sp³-hybridized carbons (Fsp3) is 0.214. The van der Waals surface area contributed by atoms with Crippen LogP contribution in [0.5, 0.6) is 0 Å². The Morgan fingerprint density at radius 2 is 1.68 bits per heavy atom. The van der Waals surface area contributed by atoms with Crippen LogP contribution in [-0.4, -0.2) is 36.7 Å². The van der Waals surface area contributed by atoms with Gasteiger partial charge in [-0.2, -0.15) is 17.7 Å². The molecule has 1 amide bonds. The minimum absolute atomic E-state index is 0.00607. The molecule has 1 atom stereocenters. The van der Waals surface area contributed by atoms with E-state index in [1.54, 1.807) is 29.2 Å². The van der Waals surface area contributed by atoms with E-state index in [2.05, 4.69) is 10.3 Å². The molecule has 1 unspecified atom stereocenters. The van der Waals surface area contributed by atoms with Crippen LogP contribution in [0.4, 0.5) is 13.2 Å². The Morgan fingerprint density at radius 3 is 2.47 bits per heavy atom. The summed E-state index contributed by atoms with van der Waals surface area (Å²) in [5.74, 6) is -0.174. The number of halogens is 3. The fourth-order valence-corrected chi connectivity index (χ4v) is 5.15. The predicted molar refractivity (Wildman–Crippen MR) is 135 cm³/mol. The molecule has 0 saturated carbocycles. The number of fused-ring (bicyclic) bond motifs is 3. The zero-order chi connectivity index (χ0) is 26.4. The van der Waals surface area contributed by atoms with E-state index in [1.165, 1.54) is 21.2 Å². The van der Waals surface area contributed by atoms with Gasteiger partial charge in [-0.25, -0.2) is 0 Å². The average Bonchev–Trinajstić information content (AvgIpc) is 3.50. The van der Waals surface area contributed by atoms with Gasteiger partial charge in [0.25, 0.3) is 5.56 Å². The Kier molecular flexibility index (Phi) is 5.74. The fourth-order valence-electron chi connectivity index (χ4n) is 5.15. The van der Waals surface area contributed by atoms with Gasteiger partial charge in [0.05, 0.1) is 16.5 Å². The van der Waals surface area contributed by atoms with Crippen LogP contribution in [0.3, 0.4) is 0 Å². The summed E-state index contributed by atoms with van der Waals surface area (Å²) in [6, 6.07) is 21.4. The van der Waals surface area contributed by atoms with Crippen molar-refractivity contribution in [2.45, 2.75) is 25.7 Å². The van der Waals surface area contributed by atoms with E-state index in [9.17, 15) is 22.8 Å². The topological polar surface area (TPSA) is 72.5 Å². The third kappa shape index (κ3) is 4.21. The molecule has 5 aromatic rings. The highest BCUT2D eigenvalue weighted by Gasteiger charge is 2.33. The highest BCUT2D eigenvalue weighted by atomic mass is 19.4. The molecular formula is C28H22F3N5O2. The normalized spacial score (nSPS) is 16.1. The molecule has 0 spiro atoms. The van der Waals surface area contributed by atoms with E-state index in [0.717, 1.165) is 17.7 Å². The number of amides is 1. The molecule has 0 aliphatic carbocycles. The van der Waals surface area contributed by atoms with Crippen molar-refractivity contribution < 1.29 is 18.0 Å². The SMILES string of the molecule is O=C1CC(Cn2c(=O)c3ccccc3n3nnc(-c4cccc(C(F)(F)F)c4)c23)CN1Cc1ccccc1. The largest absolute Gasteiger partial charge is 0.416 e. The molecule has 3 heterocycles. The van der Waals surface area contributed by atoms with Crippen LogP contribution in [0.2, 0.25) is 0 Å². The maximum absolute atomic E-state index is 13.7. The molecule has 1 fully saturated rings. The number of alkyl halides is 3. The molecule has 1 saturated heterocycles. The third-order valence-electron chi connectivity index (χ3n) is 6.93. The summed E-state index contributed by atoms with van der Waals surface area (Å²) < 4.78 is 43.3. The van der Waals surface area contributed by atoms with E-state index in [1.807, 2.05) is 30.3 Å². The number of hydrogen-bond donors (Lipinski definition) is 0. The first-order valence-electron chi connectivity index (χ1n) is 12.2. The maximum atomic E-state index is 13.7. The third-order valence-corrected chi connectivity index (χ3v) is 6.93. The van der Waals surface area contributed by atoms with Crippen LogP contribution in [0.15, 0.2) is 83.7 Å². The van der Waals surface area contributed by atoms with E-state index in [4.69, 9.17) is 0 Å². The first-order valence-corrected chi connectivity index (χ1v) is 12.2. The molecule has 2 aromatic heterocycles. The first kappa shape index (κ1) is 23.9. The predicted octanol–water partition coefficient (Wildman–Crippen LogP) is 4.78. The number of nitrogens with zero attached hydrogens (tertiary/aromatic N) is 5. The van der Waals surface area contributed by atoms with Gasteiger partial charge in [-0.1, -0.05) is 59.8 Å². The zero-order valence-electron chi connectivity index (χ0n) is 20.1. The van der Waals surface area contributed by atoms with Gasteiger partial charge in [-0.05, 0) is 29.8 Å². The maximum Gasteiger partial charge on any atom is 0.416 e. The van der Waals surface area contributed by atoms with Crippen LogP contribution in [-0.2, 0) is 24.1 Å². The zero-order valence-corrected chi connectivity index (χ0v) is 20.1. The van der Waals surface area contributed by atoms with Gasteiger partial charge in [0.2, 0.25) is 5.91 Å². The lowest BCUT2D eigenvalue weighted by Gasteiger charge is -2.18.